The minimum atomic E-state index is -0.569. The predicted octanol–water partition coefficient (Wildman–Crippen LogP) is 4.67. The zero-order valence-electron chi connectivity index (χ0n) is 26.9. The number of rotatable bonds is 6. The number of nitrogens with zero attached hydrogens (tertiary/aromatic N) is 6. The zero-order valence-corrected chi connectivity index (χ0v) is 26.9. The number of nitrogens with one attached hydrogen (secondary N) is 1. The van der Waals surface area contributed by atoms with Crippen molar-refractivity contribution in [1.29, 1.82) is 0 Å². The van der Waals surface area contributed by atoms with Crippen LogP contribution in [0.2, 0.25) is 0 Å². The largest absolute Gasteiger partial charge is 0.466 e. The third-order valence-electron chi connectivity index (χ3n) is 7.67. The Morgan fingerprint density at radius 3 is 2.43 bits per heavy atom. The monoisotopic (exact) mass is 603 g/mol. The molecule has 0 spiro atoms. The van der Waals surface area contributed by atoms with Gasteiger partial charge in [0, 0.05) is 62.5 Å². The van der Waals surface area contributed by atoms with Crippen molar-refractivity contribution in [2.45, 2.75) is 59.2 Å². The van der Waals surface area contributed by atoms with Gasteiger partial charge >= 0.3 is 6.09 Å². The van der Waals surface area contributed by atoms with Crippen LogP contribution in [0, 0.1) is 6.92 Å². The van der Waals surface area contributed by atoms with Crippen LogP contribution in [0.3, 0.4) is 0 Å². The lowest BCUT2D eigenvalue weighted by Gasteiger charge is -2.45. The summed E-state index contributed by atoms with van der Waals surface area (Å²) in [6.45, 7) is 12.8. The van der Waals surface area contributed by atoms with Gasteiger partial charge in [-0.2, -0.15) is 5.10 Å². The average Bonchev–Trinajstić information content (AvgIpc) is 3.34. The lowest BCUT2D eigenvalue weighted by molar-refractivity contribution is 0.00564. The van der Waals surface area contributed by atoms with Gasteiger partial charge in [0.25, 0.3) is 5.91 Å². The van der Waals surface area contributed by atoms with Crippen molar-refractivity contribution in [2.24, 2.45) is 7.05 Å². The van der Waals surface area contributed by atoms with Gasteiger partial charge in [-0.05, 0) is 65.8 Å². The van der Waals surface area contributed by atoms with Gasteiger partial charge in [0.15, 0.2) is 12.6 Å². The second-order valence-corrected chi connectivity index (χ2v) is 12.3. The minimum absolute atomic E-state index is 0.0312. The Balaban J connectivity index is 1.56. The van der Waals surface area contributed by atoms with Crippen LogP contribution in [0.5, 0.6) is 5.75 Å². The van der Waals surface area contributed by atoms with E-state index in [0.717, 1.165) is 22.2 Å². The first-order valence-electron chi connectivity index (χ1n) is 14.7. The molecule has 0 bridgehead atoms. The smallest absolute Gasteiger partial charge is 0.410 e. The number of anilines is 1. The number of hydrogen-bond acceptors (Lipinski definition) is 9. The van der Waals surface area contributed by atoms with E-state index in [9.17, 15) is 9.59 Å². The SMILES string of the molecule is CNC(=O)c1nc(-c2cc3cn(C)nc3c(C)c2OCOC)nc2ccc(N3C[C@@H](C)N(C(=O)OC(C)(C)C)[C@@H](C)C3)cc12. The van der Waals surface area contributed by atoms with Crippen molar-refractivity contribution in [1.82, 2.24) is 30.0 Å². The molecule has 5 rings (SSSR count). The Morgan fingerprint density at radius 1 is 1.09 bits per heavy atom. The maximum atomic E-state index is 13.2. The van der Waals surface area contributed by atoms with Crippen LogP contribution in [0.25, 0.3) is 33.2 Å². The molecule has 3 heterocycles. The van der Waals surface area contributed by atoms with Crippen molar-refractivity contribution in [3.8, 4) is 17.1 Å². The second-order valence-electron chi connectivity index (χ2n) is 12.3. The predicted molar refractivity (Wildman–Crippen MR) is 169 cm³/mol. The minimum Gasteiger partial charge on any atom is -0.466 e. The molecule has 2 atom stereocenters. The van der Waals surface area contributed by atoms with Crippen molar-refractivity contribution in [3.05, 3.63) is 41.7 Å². The fraction of sp³-hybridized carbons (Fsp3) is 0.469. The summed E-state index contributed by atoms with van der Waals surface area (Å²) in [5, 5.41) is 8.83. The molecule has 0 radical (unpaired) electrons. The van der Waals surface area contributed by atoms with E-state index >= 15 is 0 Å². The quantitative estimate of drug-likeness (QED) is 0.313. The highest BCUT2D eigenvalue weighted by Crippen LogP contribution is 2.38. The fourth-order valence-corrected chi connectivity index (χ4v) is 5.84. The number of hydrogen-bond donors (Lipinski definition) is 1. The summed E-state index contributed by atoms with van der Waals surface area (Å²) in [5.41, 5.74) is 3.48. The molecule has 1 N–H and O–H groups in total. The number of benzene rings is 2. The third-order valence-corrected chi connectivity index (χ3v) is 7.67. The molecule has 1 fully saturated rings. The molecule has 4 aromatic rings. The Bertz CT molecular complexity index is 1720. The normalized spacial score (nSPS) is 17.3. The number of carbonyl (C=O) groups excluding carboxylic acids is 2. The van der Waals surface area contributed by atoms with E-state index in [1.54, 1.807) is 23.7 Å². The van der Waals surface area contributed by atoms with E-state index in [-0.39, 0.29) is 36.6 Å². The lowest BCUT2D eigenvalue weighted by Crippen LogP contribution is -2.59. The molecule has 12 nitrogen and oxygen atoms in total. The molecule has 1 saturated heterocycles. The highest BCUT2D eigenvalue weighted by molar-refractivity contribution is 6.06. The number of fused-ring (bicyclic) bond motifs is 2. The highest BCUT2D eigenvalue weighted by atomic mass is 16.7. The first-order valence-corrected chi connectivity index (χ1v) is 14.7. The summed E-state index contributed by atoms with van der Waals surface area (Å²) in [4.78, 5) is 39.9. The maximum absolute atomic E-state index is 13.2. The number of carbonyl (C=O) groups is 2. The number of methoxy groups -OCH3 is 1. The average molecular weight is 604 g/mol. The molecule has 0 aliphatic carbocycles. The standard InChI is InChI=1S/C32H41N7O5/c1-18-14-38(15-19(2)39(18)31(41)44-32(4,5)6)22-10-11-25-23(13-22)27(30(40)33-7)35-29(34-25)24-12-21-16-37(8)36-26(21)20(3)28(24)43-17-42-9/h10-13,16,18-19H,14-15,17H2,1-9H3,(H,33,40)/t18-,19+. The van der Waals surface area contributed by atoms with Crippen LogP contribution in [-0.4, -0.2) is 88.4 Å². The van der Waals surface area contributed by atoms with E-state index in [2.05, 4.69) is 15.3 Å². The number of aryl methyl sites for hydroxylation is 2. The molecule has 2 aromatic heterocycles. The van der Waals surface area contributed by atoms with Gasteiger partial charge in [-0.25, -0.2) is 14.8 Å². The van der Waals surface area contributed by atoms with Gasteiger partial charge in [0.1, 0.15) is 17.0 Å². The van der Waals surface area contributed by atoms with E-state index in [1.165, 1.54) is 0 Å². The number of aromatic nitrogens is 4. The maximum Gasteiger partial charge on any atom is 0.410 e. The third kappa shape index (κ3) is 5.99. The highest BCUT2D eigenvalue weighted by Gasteiger charge is 2.36. The molecule has 234 valence electrons. The number of piperazine rings is 1. The summed E-state index contributed by atoms with van der Waals surface area (Å²) in [5.74, 6) is 0.575. The number of amides is 2. The van der Waals surface area contributed by atoms with Gasteiger partial charge < -0.3 is 24.4 Å². The first kappa shape index (κ1) is 31.0. The fourth-order valence-electron chi connectivity index (χ4n) is 5.84. The van der Waals surface area contributed by atoms with Gasteiger partial charge in [-0.3, -0.25) is 14.4 Å². The second kappa shape index (κ2) is 11.9. The van der Waals surface area contributed by atoms with Crippen molar-refractivity contribution < 1.29 is 23.8 Å². The van der Waals surface area contributed by atoms with Crippen LogP contribution in [0.1, 0.15) is 50.7 Å². The summed E-state index contributed by atoms with van der Waals surface area (Å²) >= 11 is 0. The topological polar surface area (TPSA) is 124 Å². The van der Waals surface area contributed by atoms with Gasteiger partial charge in [0.05, 0.1) is 28.7 Å². The Hall–Kier alpha value is -4.45. The van der Waals surface area contributed by atoms with Gasteiger partial charge in [-0.1, -0.05) is 0 Å². The summed E-state index contributed by atoms with van der Waals surface area (Å²) in [7, 11) is 5.00. The first-order chi connectivity index (χ1) is 20.8. The summed E-state index contributed by atoms with van der Waals surface area (Å²) in [6, 6.07) is 7.60. The van der Waals surface area contributed by atoms with Crippen molar-refractivity contribution in [2.75, 3.05) is 38.9 Å². The van der Waals surface area contributed by atoms with Crippen LogP contribution in [0.4, 0.5) is 10.5 Å². The molecule has 1 aliphatic rings. The summed E-state index contributed by atoms with van der Waals surface area (Å²) in [6.07, 6.45) is 1.61. The number of ether oxygens (including phenoxy) is 3. The molecule has 0 saturated carbocycles. The van der Waals surface area contributed by atoms with Crippen molar-refractivity contribution in [3.63, 3.8) is 0 Å². The molecule has 2 aromatic carbocycles. The van der Waals surface area contributed by atoms with Crippen molar-refractivity contribution >= 4 is 39.5 Å². The van der Waals surface area contributed by atoms with Crippen LogP contribution in [0.15, 0.2) is 30.5 Å². The Morgan fingerprint density at radius 2 is 1.80 bits per heavy atom. The molecule has 1 aliphatic heterocycles. The van der Waals surface area contributed by atoms with E-state index < -0.39 is 5.60 Å². The summed E-state index contributed by atoms with van der Waals surface area (Å²) < 4.78 is 18.6. The molecule has 44 heavy (non-hydrogen) atoms. The van der Waals surface area contributed by atoms with E-state index in [4.69, 9.17) is 24.2 Å². The van der Waals surface area contributed by atoms with E-state index in [1.807, 2.05) is 79.1 Å². The molecule has 12 heteroatoms. The van der Waals surface area contributed by atoms with Crippen LogP contribution in [-0.2, 0) is 16.5 Å². The molecule has 2 amide bonds. The lowest BCUT2D eigenvalue weighted by atomic mass is 10.0. The molecular weight excluding hydrogens is 562 g/mol. The molecular formula is C32H41N7O5. The van der Waals surface area contributed by atoms with Crippen LogP contribution >= 0.6 is 0 Å². The Labute approximate surface area is 257 Å². The van der Waals surface area contributed by atoms with Gasteiger partial charge in [0.2, 0.25) is 0 Å². The van der Waals surface area contributed by atoms with E-state index in [0.29, 0.717) is 41.1 Å². The molecule has 0 unspecified atom stereocenters. The van der Waals surface area contributed by atoms with Crippen LogP contribution < -0.4 is 15.0 Å². The Kier molecular flexibility index (Phi) is 8.39. The van der Waals surface area contributed by atoms with Gasteiger partial charge in [-0.15, -0.1) is 0 Å². The zero-order chi connectivity index (χ0) is 31.9.